The largest absolute Gasteiger partial charge is 0.328 e. The normalized spacial score (nSPS) is 18.3. The van der Waals surface area contributed by atoms with Gasteiger partial charge < -0.3 is 9.47 Å². The smallest absolute Gasteiger partial charge is 0.0952 e. The number of aryl methyl sites for hydroxylation is 1. The molecule has 0 fully saturated rings. The van der Waals surface area contributed by atoms with E-state index in [-0.39, 0.29) is 0 Å². The predicted octanol–water partition coefficient (Wildman–Crippen LogP) is 2.49. The third-order valence-electron chi connectivity index (χ3n) is 4.69. The van der Waals surface area contributed by atoms with Gasteiger partial charge in [-0.05, 0) is 32.1 Å². The fourth-order valence-electron chi connectivity index (χ4n) is 3.43. The fourth-order valence-corrected chi connectivity index (χ4v) is 3.43. The average molecular weight is 313 g/mol. The molecule has 3 heterocycles. The van der Waals surface area contributed by atoms with Crippen molar-refractivity contribution in [2.24, 2.45) is 0 Å². The molecule has 1 atom stereocenters. The second-order valence-corrected chi connectivity index (χ2v) is 6.37. The van der Waals surface area contributed by atoms with Gasteiger partial charge in [-0.3, -0.25) is 9.88 Å². The number of rotatable bonds is 6. The van der Waals surface area contributed by atoms with Crippen LogP contribution in [0.3, 0.4) is 0 Å². The van der Waals surface area contributed by atoms with Crippen LogP contribution in [0.25, 0.3) is 0 Å². The zero-order valence-electron chi connectivity index (χ0n) is 14.4. The maximum atomic E-state index is 4.65. The molecule has 23 heavy (non-hydrogen) atoms. The van der Waals surface area contributed by atoms with Crippen LogP contribution in [0.4, 0.5) is 0 Å². The van der Waals surface area contributed by atoms with Gasteiger partial charge >= 0.3 is 0 Å². The van der Waals surface area contributed by atoms with Gasteiger partial charge in [-0.2, -0.15) is 0 Å². The Morgan fingerprint density at radius 1 is 1.26 bits per heavy atom. The van der Waals surface area contributed by atoms with Gasteiger partial charge in [0.1, 0.15) is 0 Å². The molecule has 3 rings (SSSR count). The Bertz CT molecular complexity index is 632. The van der Waals surface area contributed by atoms with Crippen LogP contribution in [0, 0.1) is 6.92 Å². The highest BCUT2D eigenvalue weighted by atomic mass is 15.3. The number of hydrogen-bond donors (Lipinski definition) is 0. The zero-order chi connectivity index (χ0) is 16.2. The maximum Gasteiger partial charge on any atom is 0.0952 e. The van der Waals surface area contributed by atoms with E-state index in [4.69, 9.17) is 0 Å². The summed E-state index contributed by atoms with van der Waals surface area (Å²) in [5.41, 5.74) is 3.55. The molecule has 0 aromatic carbocycles. The van der Waals surface area contributed by atoms with Crippen molar-refractivity contribution in [1.82, 2.24) is 24.3 Å². The van der Waals surface area contributed by atoms with Crippen molar-refractivity contribution in [3.8, 4) is 0 Å². The van der Waals surface area contributed by atoms with E-state index in [1.165, 1.54) is 5.69 Å². The van der Waals surface area contributed by atoms with Crippen molar-refractivity contribution in [1.29, 1.82) is 0 Å². The second-order valence-electron chi connectivity index (χ2n) is 6.37. The van der Waals surface area contributed by atoms with E-state index in [0.29, 0.717) is 6.04 Å². The van der Waals surface area contributed by atoms with Crippen LogP contribution in [-0.4, -0.2) is 50.5 Å². The first-order valence-electron chi connectivity index (χ1n) is 8.57. The molecular formula is C18H27N5. The molecule has 0 spiro atoms. The third-order valence-corrected chi connectivity index (χ3v) is 4.69. The topological polar surface area (TPSA) is 37.2 Å². The van der Waals surface area contributed by atoms with Crippen LogP contribution < -0.4 is 0 Å². The summed E-state index contributed by atoms with van der Waals surface area (Å²) in [4.78, 5) is 14.0. The van der Waals surface area contributed by atoms with Gasteiger partial charge in [-0.25, -0.2) is 4.98 Å². The van der Waals surface area contributed by atoms with Crippen LogP contribution in [0.1, 0.15) is 37.0 Å². The van der Waals surface area contributed by atoms with Crippen LogP contribution in [0.2, 0.25) is 0 Å². The fraction of sp³-hybridized carbons (Fsp3) is 0.556. The molecule has 2 aromatic heterocycles. The lowest BCUT2D eigenvalue weighted by molar-refractivity contribution is 0.142. The van der Waals surface area contributed by atoms with Gasteiger partial charge in [0, 0.05) is 38.1 Å². The zero-order valence-corrected chi connectivity index (χ0v) is 14.4. The first-order chi connectivity index (χ1) is 11.2. The number of fused-ring (bicyclic) bond motifs is 1. The molecule has 0 bridgehead atoms. The number of pyridine rings is 1. The van der Waals surface area contributed by atoms with Crippen molar-refractivity contribution in [2.75, 3.05) is 26.2 Å². The SMILES string of the molecule is CCN(CC)C[C@H]1CN(Cc2cccc(C)n2)Cc2cncn21. The molecule has 0 N–H and O–H groups in total. The van der Waals surface area contributed by atoms with Crippen molar-refractivity contribution >= 4 is 0 Å². The Morgan fingerprint density at radius 3 is 2.83 bits per heavy atom. The molecule has 0 radical (unpaired) electrons. The highest BCUT2D eigenvalue weighted by Crippen LogP contribution is 2.23. The molecule has 1 aliphatic rings. The summed E-state index contributed by atoms with van der Waals surface area (Å²) >= 11 is 0. The van der Waals surface area contributed by atoms with E-state index >= 15 is 0 Å². The number of aromatic nitrogens is 3. The highest BCUT2D eigenvalue weighted by molar-refractivity contribution is 5.11. The number of nitrogens with zero attached hydrogens (tertiary/aromatic N) is 5. The average Bonchev–Trinajstić information content (AvgIpc) is 3.01. The molecule has 0 amide bonds. The molecule has 2 aromatic rings. The van der Waals surface area contributed by atoms with Crippen molar-refractivity contribution in [2.45, 2.75) is 39.9 Å². The summed E-state index contributed by atoms with van der Waals surface area (Å²) in [5.74, 6) is 0. The second kappa shape index (κ2) is 7.23. The number of likely N-dealkylation sites (N-methyl/N-ethyl adjacent to an activating group) is 1. The first-order valence-corrected chi connectivity index (χ1v) is 8.57. The minimum atomic E-state index is 0.464. The summed E-state index contributed by atoms with van der Waals surface area (Å²) in [6.45, 7) is 12.7. The molecule has 0 unspecified atom stereocenters. The van der Waals surface area contributed by atoms with Crippen LogP contribution >= 0.6 is 0 Å². The molecule has 0 saturated carbocycles. The Kier molecular flexibility index (Phi) is 5.08. The highest BCUT2D eigenvalue weighted by Gasteiger charge is 2.26. The number of imidazole rings is 1. The lowest BCUT2D eigenvalue weighted by atomic mass is 10.1. The van der Waals surface area contributed by atoms with Gasteiger partial charge in [0.15, 0.2) is 0 Å². The van der Waals surface area contributed by atoms with E-state index in [9.17, 15) is 0 Å². The van der Waals surface area contributed by atoms with Gasteiger partial charge in [-0.15, -0.1) is 0 Å². The summed E-state index contributed by atoms with van der Waals surface area (Å²) in [6, 6.07) is 6.74. The van der Waals surface area contributed by atoms with Gasteiger partial charge in [0.2, 0.25) is 0 Å². The quantitative estimate of drug-likeness (QED) is 0.821. The van der Waals surface area contributed by atoms with Gasteiger partial charge in [0.25, 0.3) is 0 Å². The summed E-state index contributed by atoms with van der Waals surface area (Å²) in [5, 5.41) is 0. The van der Waals surface area contributed by atoms with Gasteiger partial charge in [-0.1, -0.05) is 19.9 Å². The van der Waals surface area contributed by atoms with Crippen molar-refractivity contribution in [3.05, 3.63) is 47.8 Å². The van der Waals surface area contributed by atoms with Gasteiger partial charge in [0.05, 0.1) is 23.8 Å². The van der Waals surface area contributed by atoms with E-state index in [1.807, 2.05) is 12.5 Å². The molecule has 0 saturated heterocycles. The Hall–Kier alpha value is -1.72. The molecule has 5 heteroatoms. The number of hydrogen-bond acceptors (Lipinski definition) is 4. The van der Waals surface area contributed by atoms with Crippen LogP contribution in [0.5, 0.6) is 0 Å². The van der Waals surface area contributed by atoms with Crippen LogP contribution in [0.15, 0.2) is 30.7 Å². The minimum absolute atomic E-state index is 0.464. The molecule has 0 aliphatic carbocycles. The lowest BCUT2D eigenvalue weighted by Gasteiger charge is -2.36. The van der Waals surface area contributed by atoms with E-state index in [2.05, 4.69) is 63.3 Å². The molecule has 1 aliphatic heterocycles. The summed E-state index contributed by atoms with van der Waals surface area (Å²) in [7, 11) is 0. The molecular weight excluding hydrogens is 286 g/mol. The summed E-state index contributed by atoms with van der Waals surface area (Å²) in [6.07, 6.45) is 4.00. The maximum absolute atomic E-state index is 4.65. The molecule has 5 nitrogen and oxygen atoms in total. The Labute approximate surface area is 139 Å². The van der Waals surface area contributed by atoms with Crippen molar-refractivity contribution in [3.63, 3.8) is 0 Å². The monoisotopic (exact) mass is 313 g/mol. The minimum Gasteiger partial charge on any atom is -0.328 e. The predicted molar refractivity (Wildman–Crippen MR) is 92.1 cm³/mol. The van der Waals surface area contributed by atoms with Crippen LogP contribution in [-0.2, 0) is 13.1 Å². The van der Waals surface area contributed by atoms with Crippen molar-refractivity contribution < 1.29 is 0 Å². The van der Waals surface area contributed by atoms with E-state index in [0.717, 1.165) is 50.7 Å². The first kappa shape index (κ1) is 16.1. The summed E-state index contributed by atoms with van der Waals surface area (Å²) < 4.78 is 2.36. The Balaban J connectivity index is 1.74. The molecule has 124 valence electrons. The van der Waals surface area contributed by atoms with E-state index < -0.39 is 0 Å². The lowest BCUT2D eigenvalue weighted by Crippen LogP contribution is -2.42. The standard InChI is InChI=1S/C18H27N5/c1-4-21(5-2)12-18-13-22(11-17-9-19-14-23(17)18)10-16-8-6-7-15(3)20-16/h6-9,14,18H,4-5,10-13H2,1-3H3/t18-/m0/s1. The Morgan fingerprint density at radius 2 is 2.09 bits per heavy atom. The third kappa shape index (κ3) is 3.79. The van der Waals surface area contributed by atoms with E-state index in [1.54, 1.807) is 0 Å².